The van der Waals surface area contributed by atoms with Crippen LogP contribution in [0.5, 0.6) is 0 Å². The van der Waals surface area contributed by atoms with Crippen molar-refractivity contribution in [2.24, 2.45) is 12.8 Å². The van der Waals surface area contributed by atoms with Crippen molar-refractivity contribution in [2.75, 3.05) is 18.0 Å². The Bertz CT molecular complexity index is 1290. The average Bonchev–Trinajstić information content (AvgIpc) is 3.17. The van der Waals surface area contributed by atoms with Crippen LogP contribution in [0.2, 0.25) is 0 Å². The molecule has 3 heterocycles. The quantitative estimate of drug-likeness (QED) is 0.582. The van der Waals surface area contributed by atoms with Gasteiger partial charge in [-0.05, 0) is 45.6 Å². The first-order valence-corrected chi connectivity index (χ1v) is 11.7. The van der Waals surface area contributed by atoms with Gasteiger partial charge in [0.15, 0.2) is 11.2 Å². The van der Waals surface area contributed by atoms with Gasteiger partial charge < -0.3 is 15.2 Å². The molecule has 1 aliphatic heterocycles. The lowest BCUT2D eigenvalue weighted by Gasteiger charge is -2.31. The molecule has 2 aromatic heterocycles. The van der Waals surface area contributed by atoms with Crippen molar-refractivity contribution in [3.63, 3.8) is 0 Å². The fourth-order valence-electron chi connectivity index (χ4n) is 4.43. The van der Waals surface area contributed by atoms with E-state index >= 15 is 0 Å². The minimum Gasteiger partial charge on any atom is -0.341 e. The Morgan fingerprint density at radius 2 is 1.91 bits per heavy atom. The van der Waals surface area contributed by atoms with Gasteiger partial charge in [-0.15, -0.1) is 0 Å². The highest BCUT2D eigenvalue weighted by Gasteiger charge is 2.26. The van der Waals surface area contributed by atoms with E-state index in [1.807, 2.05) is 49.6 Å². The number of nitrogens with two attached hydrogens (primary N) is 1. The Hall–Kier alpha value is -3.13. The van der Waals surface area contributed by atoms with Crippen LogP contribution in [0.15, 0.2) is 45.5 Å². The second kappa shape index (κ2) is 9.39. The van der Waals surface area contributed by atoms with Crippen LogP contribution >= 0.6 is 0 Å². The molecule has 8 nitrogen and oxygen atoms in total. The summed E-state index contributed by atoms with van der Waals surface area (Å²) >= 11 is 0. The summed E-state index contributed by atoms with van der Waals surface area (Å²) in [6, 6.07) is 8.25. The molecule has 8 heteroatoms. The molecule has 0 radical (unpaired) electrons. The molecule has 3 aromatic rings. The predicted molar refractivity (Wildman–Crippen MR) is 133 cm³/mol. The van der Waals surface area contributed by atoms with Gasteiger partial charge in [0.1, 0.15) is 0 Å². The fraction of sp³-hybridized carbons (Fsp3) is 0.480. The van der Waals surface area contributed by atoms with E-state index in [1.165, 1.54) is 14.7 Å². The zero-order valence-electron chi connectivity index (χ0n) is 20.0. The molecular formula is C25H34N6O2. The number of imidazole rings is 1. The molecule has 1 fully saturated rings. The van der Waals surface area contributed by atoms with Gasteiger partial charge in [0.2, 0.25) is 5.95 Å². The number of hydrogen-bond donors (Lipinski definition) is 1. The normalized spacial score (nSPS) is 16.4. The highest BCUT2D eigenvalue weighted by molar-refractivity contribution is 5.74. The number of piperidine rings is 1. The molecule has 1 aliphatic rings. The number of anilines is 1. The Kier molecular flexibility index (Phi) is 6.56. The van der Waals surface area contributed by atoms with E-state index in [0.29, 0.717) is 43.2 Å². The summed E-state index contributed by atoms with van der Waals surface area (Å²) in [5, 5.41) is 0. The number of allylic oxidation sites excluding steroid dienone is 2. The maximum atomic E-state index is 13.6. The first kappa shape index (κ1) is 23.0. The first-order valence-electron chi connectivity index (χ1n) is 11.7. The Labute approximate surface area is 194 Å². The highest BCUT2D eigenvalue weighted by Crippen LogP contribution is 2.23. The molecular weight excluding hydrogens is 416 g/mol. The van der Waals surface area contributed by atoms with Crippen LogP contribution < -0.4 is 21.9 Å². The number of hydrogen-bond acceptors (Lipinski definition) is 5. The number of fused-ring (bicyclic) bond motifs is 1. The van der Waals surface area contributed by atoms with Gasteiger partial charge >= 0.3 is 5.69 Å². The Morgan fingerprint density at radius 1 is 1.18 bits per heavy atom. The molecule has 176 valence electrons. The summed E-state index contributed by atoms with van der Waals surface area (Å²) in [6.45, 7) is 8.47. The van der Waals surface area contributed by atoms with Crippen molar-refractivity contribution in [1.82, 2.24) is 18.7 Å². The summed E-state index contributed by atoms with van der Waals surface area (Å²) in [5.74, 6) is 0.709. The van der Waals surface area contributed by atoms with Crippen molar-refractivity contribution >= 4 is 17.1 Å². The summed E-state index contributed by atoms with van der Waals surface area (Å²) in [6.07, 6.45) is 4.65. The second-order valence-corrected chi connectivity index (χ2v) is 9.36. The third-order valence-corrected chi connectivity index (χ3v) is 6.38. The van der Waals surface area contributed by atoms with Crippen LogP contribution in [0.25, 0.3) is 11.2 Å². The van der Waals surface area contributed by atoms with Crippen LogP contribution in [0.3, 0.4) is 0 Å². The zero-order chi connectivity index (χ0) is 23.7. The van der Waals surface area contributed by atoms with Crippen LogP contribution in [-0.4, -0.2) is 37.8 Å². The van der Waals surface area contributed by atoms with Gasteiger partial charge in [-0.1, -0.05) is 41.5 Å². The van der Waals surface area contributed by atoms with Crippen molar-refractivity contribution < 1.29 is 0 Å². The van der Waals surface area contributed by atoms with Crippen LogP contribution in [0.1, 0.15) is 37.8 Å². The van der Waals surface area contributed by atoms with E-state index < -0.39 is 0 Å². The van der Waals surface area contributed by atoms with Gasteiger partial charge in [0.25, 0.3) is 5.56 Å². The van der Waals surface area contributed by atoms with E-state index in [9.17, 15) is 9.59 Å². The minimum atomic E-state index is -0.339. The lowest BCUT2D eigenvalue weighted by atomic mass is 10.1. The number of benzene rings is 1. The van der Waals surface area contributed by atoms with E-state index in [1.54, 1.807) is 7.05 Å². The fourth-order valence-corrected chi connectivity index (χ4v) is 4.43. The number of aromatic nitrogens is 4. The number of aryl methyl sites for hydroxylation is 3. The average molecular weight is 451 g/mol. The van der Waals surface area contributed by atoms with Crippen molar-refractivity contribution in [1.29, 1.82) is 0 Å². The van der Waals surface area contributed by atoms with E-state index in [0.717, 1.165) is 30.5 Å². The molecule has 1 saturated heterocycles. The van der Waals surface area contributed by atoms with Gasteiger partial charge in [-0.25, -0.2) is 4.79 Å². The van der Waals surface area contributed by atoms with Crippen molar-refractivity contribution in [2.45, 2.75) is 59.2 Å². The minimum absolute atomic E-state index is 0.0745. The van der Waals surface area contributed by atoms with E-state index in [-0.39, 0.29) is 17.3 Å². The molecule has 33 heavy (non-hydrogen) atoms. The van der Waals surface area contributed by atoms with Gasteiger partial charge in [0, 0.05) is 39.3 Å². The monoisotopic (exact) mass is 450 g/mol. The van der Waals surface area contributed by atoms with E-state index in [4.69, 9.17) is 10.7 Å². The molecule has 0 aliphatic carbocycles. The maximum absolute atomic E-state index is 13.6. The Balaban J connectivity index is 1.83. The predicted octanol–water partition coefficient (Wildman–Crippen LogP) is 2.34. The molecule has 2 N–H and O–H groups in total. The Morgan fingerprint density at radius 3 is 2.58 bits per heavy atom. The van der Waals surface area contributed by atoms with Crippen LogP contribution in [0, 0.1) is 6.92 Å². The molecule has 0 amide bonds. The van der Waals surface area contributed by atoms with Crippen LogP contribution in [0.4, 0.5) is 5.95 Å². The summed E-state index contributed by atoms with van der Waals surface area (Å²) < 4.78 is 4.79. The zero-order valence-corrected chi connectivity index (χ0v) is 20.0. The lowest BCUT2D eigenvalue weighted by molar-refractivity contribution is 0.495. The summed E-state index contributed by atoms with van der Waals surface area (Å²) in [7, 11) is 1.69. The number of nitrogens with zero attached hydrogens (tertiary/aromatic N) is 5. The lowest BCUT2D eigenvalue weighted by Crippen LogP contribution is -2.44. The van der Waals surface area contributed by atoms with Gasteiger partial charge in [0.05, 0.1) is 0 Å². The molecule has 1 atom stereocenters. The second-order valence-electron chi connectivity index (χ2n) is 9.36. The van der Waals surface area contributed by atoms with Gasteiger partial charge in [-0.3, -0.25) is 13.9 Å². The van der Waals surface area contributed by atoms with Crippen molar-refractivity contribution in [3.05, 3.63) is 67.9 Å². The number of rotatable bonds is 6. The largest absolute Gasteiger partial charge is 0.341 e. The van der Waals surface area contributed by atoms with Gasteiger partial charge in [-0.2, -0.15) is 4.98 Å². The SMILES string of the molecule is CC(C)=CCn1c(N2CCCC(N)C2)nc2c1c(=O)n(CCc1ccc(C)cc1)c(=O)n2C. The first-order chi connectivity index (χ1) is 15.8. The molecule has 0 spiro atoms. The van der Waals surface area contributed by atoms with Crippen LogP contribution in [-0.2, 0) is 26.6 Å². The maximum Gasteiger partial charge on any atom is 0.332 e. The highest BCUT2D eigenvalue weighted by atomic mass is 16.2. The molecule has 1 unspecified atom stereocenters. The molecule has 1 aromatic carbocycles. The van der Waals surface area contributed by atoms with Crippen molar-refractivity contribution in [3.8, 4) is 0 Å². The topological polar surface area (TPSA) is 91.1 Å². The molecule has 4 rings (SSSR count). The standard InChI is InChI=1S/C25H34N6O2/c1-17(2)11-14-30-21-22(27-24(30)29-13-5-6-20(26)16-29)28(4)25(33)31(23(21)32)15-12-19-9-7-18(3)8-10-19/h7-11,20H,5-6,12-16,26H2,1-4H3. The molecule has 0 bridgehead atoms. The smallest absolute Gasteiger partial charge is 0.332 e. The summed E-state index contributed by atoms with van der Waals surface area (Å²) in [5.41, 5.74) is 9.92. The molecule has 0 saturated carbocycles. The van der Waals surface area contributed by atoms with E-state index in [2.05, 4.69) is 11.0 Å². The third-order valence-electron chi connectivity index (χ3n) is 6.38. The third kappa shape index (κ3) is 4.66. The summed E-state index contributed by atoms with van der Waals surface area (Å²) in [4.78, 5) is 33.7.